The number of aliphatic hydroxyl groups is 1. The van der Waals surface area contributed by atoms with Gasteiger partial charge in [0, 0.05) is 75.1 Å². The third-order valence-corrected chi connectivity index (χ3v) is 9.49. The summed E-state index contributed by atoms with van der Waals surface area (Å²) in [6, 6.07) is 14.1. The highest BCUT2D eigenvalue weighted by molar-refractivity contribution is 7.16. The first kappa shape index (κ1) is 28.1. The van der Waals surface area contributed by atoms with Crippen molar-refractivity contribution in [1.82, 2.24) is 25.1 Å². The van der Waals surface area contributed by atoms with E-state index in [-0.39, 0.29) is 17.6 Å². The van der Waals surface area contributed by atoms with Crippen LogP contribution in [0.4, 0.5) is 20.9 Å². The molecule has 3 aliphatic heterocycles. The molecule has 2 amide bonds. The van der Waals surface area contributed by atoms with E-state index in [9.17, 15) is 24.3 Å². The predicted octanol–water partition coefficient (Wildman–Crippen LogP) is 2.71. The van der Waals surface area contributed by atoms with Crippen molar-refractivity contribution in [2.75, 3.05) is 62.7 Å². The van der Waals surface area contributed by atoms with Crippen molar-refractivity contribution in [1.29, 1.82) is 5.26 Å². The number of aliphatic hydroxyl groups excluding tert-OH is 1. The van der Waals surface area contributed by atoms with Crippen LogP contribution in [-0.2, 0) is 11.3 Å². The fourth-order valence-electron chi connectivity index (χ4n) is 6.00. The number of pyridine rings is 1. The number of hydrogen-bond acceptors (Lipinski definition) is 10. The maximum Gasteiger partial charge on any atom is 0.270 e. The second-order valence-corrected chi connectivity index (χ2v) is 12.2. The van der Waals surface area contributed by atoms with E-state index < -0.39 is 6.10 Å². The number of benzene rings is 2. The zero-order valence-corrected chi connectivity index (χ0v) is 24.8. The molecule has 2 aromatic heterocycles. The standard InChI is InChI=1S/C31H29FN8O3S/c1-37(31-36-27(25(13-33)44-31)18-2-4-19(32)5-3-18)29-22-12-20(6-7-24(22)35-28-23(29)14-34-30(28)43)39-10-8-38(9-11-39)17-26(42)40-15-21(41)16-40/h2-7,12,21,41H,8-11,14-17H2,1H3,(H,34,43). The van der Waals surface area contributed by atoms with Crippen LogP contribution in [0.15, 0.2) is 42.5 Å². The lowest BCUT2D eigenvalue weighted by atomic mass is 10.0. The Bertz CT molecular complexity index is 1820. The molecule has 0 unspecified atom stereocenters. The van der Waals surface area contributed by atoms with Crippen molar-refractivity contribution in [2.45, 2.75) is 12.6 Å². The maximum atomic E-state index is 13.6. The Kier molecular flexibility index (Phi) is 7.12. The minimum absolute atomic E-state index is 0.0505. The number of nitrogens with zero attached hydrogens (tertiary/aromatic N) is 7. The third kappa shape index (κ3) is 5.00. The Morgan fingerprint density at radius 1 is 1.14 bits per heavy atom. The molecule has 0 saturated carbocycles. The number of β-amino-alcohol motifs (C(OH)–C–C–N with tert-alkyl or cyclic N) is 1. The number of carbonyl (C=O) groups excluding carboxylic acids is 2. The van der Waals surface area contributed by atoms with Gasteiger partial charge >= 0.3 is 0 Å². The Labute approximate surface area is 256 Å². The smallest absolute Gasteiger partial charge is 0.270 e. The van der Waals surface area contributed by atoms with Crippen LogP contribution in [-0.4, -0.2) is 95.7 Å². The van der Waals surface area contributed by atoms with E-state index in [1.54, 1.807) is 17.0 Å². The van der Waals surface area contributed by atoms with Gasteiger partial charge < -0.3 is 25.1 Å². The van der Waals surface area contributed by atoms with Crippen molar-refractivity contribution in [2.24, 2.45) is 0 Å². The van der Waals surface area contributed by atoms with Gasteiger partial charge in [0.1, 0.15) is 28.2 Å². The SMILES string of the molecule is CN(c1nc(-c2ccc(F)cc2)c(C#N)s1)c1c2c(nc3ccc(N4CCN(CC(=O)N5CC(O)C5)CC4)cc13)C(=O)NC2. The van der Waals surface area contributed by atoms with Gasteiger partial charge in [0.05, 0.1) is 23.9 Å². The number of anilines is 3. The first-order valence-electron chi connectivity index (χ1n) is 14.4. The third-order valence-electron chi connectivity index (χ3n) is 8.45. The van der Waals surface area contributed by atoms with Crippen LogP contribution in [0.1, 0.15) is 20.9 Å². The van der Waals surface area contributed by atoms with Crippen molar-refractivity contribution in [3.63, 3.8) is 0 Å². The van der Waals surface area contributed by atoms with Gasteiger partial charge in [-0.05, 0) is 42.5 Å². The summed E-state index contributed by atoms with van der Waals surface area (Å²) in [4.78, 5) is 43.1. The van der Waals surface area contributed by atoms with E-state index in [2.05, 4.69) is 27.3 Å². The monoisotopic (exact) mass is 612 g/mol. The van der Waals surface area contributed by atoms with E-state index in [1.165, 1.54) is 23.5 Å². The summed E-state index contributed by atoms with van der Waals surface area (Å²) >= 11 is 1.23. The van der Waals surface area contributed by atoms with Crippen molar-refractivity contribution >= 4 is 50.6 Å². The molecule has 2 fully saturated rings. The first-order valence-corrected chi connectivity index (χ1v) is 15.2. The molecule has 11 nitrogen and oxygen atoms in total. The number of halogens is 1. The highest BCUT2D eigenvalue weighted by Gasteiger charge is 2.32. The van der Waals surface area contributed by atoms with Crippen LogP contribution in [0.3, 0.4) is 0 Å². The van der Waals surface area contributed by atoms with Gasteiger partial charge in [-0.2, -0.15) is 5.26 Å². The maximum absolute atomic E-state index is 13.6. The predicted molar refractivity (Wildman–Crippen MR) is 164 cm³/mol. The van der Waals surface area contributed by atoms with Gasteiger partial charge in [0.2, 0.25) is 5.91 Å². The quantitative estimate of drug-likeness (QED) is 0.338. The number of fused-ring (bicyclic) bond motifs is 2. The number of nitriles is 1. The minimum Gasteiger partial charge on any atom is -0.389 e. The normalized spacial score (nSPS) is 16.9. The van der Waals surface area contributed by atoms with E-state index in [4.69, 9.17) is 9.97 Å². The fourth-order valence-corrected chi connectivity index (χ4v) is 6.86. The summed E-state index contributed by atoms with van der Waals surface area (Å²) in [5.41, 5.74) is 4.72. The summed E-state index contributed by atoms with van der Waals surface area (Å²) in [5.74, 6) is -0.550. The molecule has 44 heavy (non-hydrogen) atoms. The summed E-state index contributed by atoms with van der Waals surface area (Å²) in [6.45, 7) is 4.45. The molecule has 0 aliphatic carbocycles. The number of aromatic nitrogens is 2. The average molecular weight is 613 g/mol. The zero-order chi connectivity index (χ0) is 30.5. The molecule has 0 spiro atoms. The van der Waals surface area contributed by atoms with Gasteiger partial charge in [0.15, 0.2) is 5.13 Å². The Morgan fingerprint density at radius 3 is 2.59 bits per heavy atom. The molecule has 2 saturated heterocycles. The van der Waals surface area contributed by atoms with E-state index >= 15 is 0 Å². The number of carbonyl (C=O) groups is 2. The minimum atomic E-state index is -0.405. The fraction of sp³-hybridized carbons (Fsp3) is 0.323. The average Bonchev–Trinajstić information content (AvgIpc) is 3.62. The summed E-state index contributed by atoms with van der Waals surface area (Å²) in [5, 5.41) is 23.7. The molecule has 2 aromatic carbocycles. The molecule has 5 heterocycles. The van der Waals surface area contributed by atoms with Crippen LogP contribution in [0.2, 0.25) is 0 Å². The van der Waals surface area contributed by atoms with Crippen molar-refractivity contribution in [3.8, 4) is 17.3 Å². The van der Waals surface area contributed by atoms with Crippen molar-refractivity contribution in [3.05, 3.63) is 64.4 Å². The lowest BCUT2D eigenvalue weighted by Gasteiger charge is -2.39. The number of hydrogen-bond donors (Lipinski definition) is 2. The van der Waals surface area contributed by atoms with Crippen LogP contribution in [0, 0.1) is 17.1 Å². The molecule has 13 heteroatoms. The Morgan fingerprint density at radius 2 is 1.89 bits per heavy atom. The number of likely N-dealkylation sites (tertiary alicyclic amines) is 1. The van der Waals surface area contributed by atoms with Gasteiger partial charge in [-0.25, -0.2) is 14.4 Å². The largest absolute Gasteiger partial charge is 0.389 e. The van der Waals surface area contributed by atoms with Gasteiger partial charge in [-0.1, -0.05) is 11.3 Å². The van der Waals surface area contributed by atoms with Crippen LogP contribution in [0.5, 0.6) is 0 Å². The molecule has 3 aliphatic rings. The second-order valence-electron chi connectivity index (χ2n) is 11.2. The molecule has 0 atom stereocenters. The van der Waals surface area contributed by atoms with E-state index in [0.29, 0.717) is 58.7 Å². The summed E-state index contributed by atoms with van der Waals surface area (Å²) in [7, 11) is 1.87. The second kappa shape index (κ2) is 11.1. The number of nitrogens with one attached hydrogen (secondary N) is 1. The highest BCUT2D eigenvalue weighted by Crippen LogP contribution is 2.42. The van der Waals surface area contributed by atoms with Crippen LogP contribution < -0.4 is 15.1 Å². The summed E-state index contributed by atoms with van der Waals surface area (Å²) < 4.78 is 13.6. The topological polar surface area (TPSA) is 129 Å². The van der Waals surface area contributed by atoms with Crippen molar-refractivity contribution < 1.29 is 19.1 Å². The van der Waals surface area contributed by atoms with Gasteiger partial charge in [-0.3, -0.25) is 14.5 Å². The van der Waals surface area contributed by atoms with E-state index in [0.717, 1.165) is 48.5 Å². The lowest BCUT2D eigenvalue weighted by molar-refractivity contribution is -0.142. The van der Waals surface area contributed by atoms with Gasteiger partial charge in [0.25, 0.3) is 5.91 Å². The number of amides is 2. The Hall–Kier alpha value is -4.64. The zero-order valence-electron chi connectivity index (χ0n) is 24.0. The number of piperazine rings is 1. The lowest BCUT2D eigenvalue weighted by Crippen LogP contribution is -2.57. The molecular formula is C31H29FN8O3S. The summed E-state index contributed by atoms with van der Waals surface area (Å²) in [6.07, 6.45) is -0.405. The molecule has 2 N–H and O–H groups in total. The molecule has 0 radical (unpaired) electrons. The molecule has 224 valence electrons. The molecular weight excluding hydrogens is 583 g/mol. The molecule has 0 bridgehead atoms. The number of thiazole rings is 1. The van der Waals surface area contributed by atoms with Gasteiger partial charge in [-0.15, -0.1) is 0 Å². The van der Waals surface area contributed by atoms with Crippen LogP contribution in [0.25, 0.3) is 22.2 Å². The molecule has 4 aromatic rings. The molecule has 7 rings (SSSR count). The van der Waals surface area contributed by atoms with Crippen LogP contribution >= 0.6 is 11.3 Å². The highest BCUT2D eigenvalue weighted by atomic mass is 32.1. The number of rotatable bonds is 6. The first-order chi connectivity index (χ1) is 21.3. The Balaban J connectivity index is 1.20. The van der Waals surface area contributed by atoms with E-state index in [1.807, 2.05) is 24.1 Å².